The number of aryl methyl sites for hydroxylation is 3. The van der Waals surface area contributed by atoms with Gasteiger partial charge in [0.25, 0.3) is 0 Å². The molecule has 0 saturated heterocycles. The van der Waals surface area contributed by atoms with Crippen molar-refractivity contribution in [2.45, 2.75) is 32.6 Å². The number of ether oxygens (including phenoxy) is 1. The maximum atomic E-state index is 7.17. The Morgan fingerprint density at radius 2 is 1.31 bits per heavy atom. The molecule has 0 saturated carbocycles. The van der Waals surface area contributed by atoms with Gasteiger partial charge in [0.1, 0.15) is 11.5 Å². The summed E-state index contributed by atoms with van der Waals surface area (Å²) in [5.41, 5.74) is 18.2. The first kappa shape index (κ1) is 41.0. The molecule has 11 rings (SSSR count). The lowest BCUT2D eigenvalue weighted by atomic mass is 9.34. The quantitative estimate of drug-likeness (QED) is 0.0838. The molecule has 1 spiro atoms. The Balaban J connectivity index is 1.15. The van der Waals surface area contributed by atoms with E-state index in [1.807, 2.05) is 16.2 Å². The summed E-state index contributed by atoms with van der Waals surface area (Å²) < 4.78 is 9.22. The summed E-state index contributed by atoms with van der Waals surface area (Å²) in [5, 5.41) is 5.12. The van der Waals surface area contributed by atoms with Crippen LogP contribution in [0.4, 0.5) is 0 Å². The van der Waals surface area contributed by atoms with Crippen molar-refractivity contribution in [1.82, 2.24) is 0 Å². The minimum Gasteiger partial charge on any atom is -0.456 e. The van der Waals surface area contributed by atoms with E-state index in [0.29, 0.717) is 0 Å². The van der Waals surface area contributed by atoms with Crippen molar-refractivity contribution in [1.29, 1.82) is 0 Å². The molecule has 3 aliphatic rings. The van der Waals surface area contributed by atoms with Gasteiger partial charge in [0.05, 0.1) is 5.41 Å². The van der Waals surface area contributed by atoms with Crippen molar-refractivity contribution in [3.8, 4) is 28.0 Å². The monoisotopic (exact) mass is 946 g/mol. The molecular weight excluding hydrogens is 898 g/mol. The third kappa shape index (κ3) is 6.66. The standard InChI is InChI=1S/C62H48BIO/c1-5-6-21-49-40(2)28-34-56-61(49)65-58-37-43(16-13-14-36-64)29-35-55(58)62(56)54-25-12-11-24-52(54)53-33-32-47(39-57(53)62)46-19-15-20-48(38-46)63(59-41(3)26-30-44-17-7-9-22-50(44)59)60-42(4)27-31-45-18-8-10-23-51(45)60/h5-28,30-39,43H,1,29H2,2-4H3/b16-13-,21-6-,36-14-. The molecule has 0 radical (unpaired) electrons. The Morgan fingerprint density at radius 1 is 0.631 bits per heavy atom. The summed E-state index contributed by atoms with van der Waals surface area (Å²) in [6.07, 6.45) is 18.2. The highest BCUT2D eigenvalue weighted by Gasteiger charge is 2.53. The fourth-order valence-corrected chi connectivity index (χ4v) is 11.5. The molecule has 0 N–H and O–H groups in total. The summed E-state index contributed by atoms with van der Waals surface area (Å²) in [6, 6.07) is 57.2. The molecule has 8 aromatic carbocycles. The van der Waals surface area contributed by atoms with Crippen LogP contribution in [0, 0.1) is 26.7 Å². The molecule has 0 bridgehead atoms. The van der Waals surface area contributed by atoms with Crippen LogP contribution >= 0.6 is 22.6 Å². The molecule has 1 nitrogen and oxygen atoms in total. The predicted molar refractivity (Wildman–Crippen MR) is 287 cm³/mol. The molecule has 8 aromatic rings. The number of fused-ring (bicyclic) bond motifs is 11. The predicted octanol–water partition coefficient (Wildman–Crippen LogP) is 14.3. The summed E-state index contributed by atoms with van der Waals surface area (Å²) >= 11 is 2.28. The van der Waals surface area contributed by atoms with Crippen molar-refractivity contribution in [2.24, 2.45) is 5.92 Å². The molecule has 0 fully saturated rings. The van der Waals surface area contributed by atoms with Crippen LogP contribution in [0.3, 0.4) is 0 Å². The molecule has 312 valence electrons. The summed E-state index contributed by atoms with van der Waals surface area (Å²) in [6.45, 7) is 10.8. The third-order valence-electron chi connectivity index (χ3n) is 14.2. The fraction of sp³-hybridized carbons (Fsp3) is 0.0968. The van der Waals surface area contributed by atoms with E-state index >= 15 is 0 Å². The van der Waals surface area contributed by atoms with E-state index in [-0.39, 0.29) is 12.6 Å². The highest BCUT2D eigenvalue weighted by molar-refractivity contribution is 14.1. The van der Waals surface area contributed by atoms with Gasteiger partial charge in [0.15, 0.2) is 0 Å². The van der Waals surface area contributed by atoms with Gasteiger partial charge in [-0.25, -0.2) is 0 Å². The minimum atomic E-state index is -0.594. The first-order chi connectivity index (χ1) is 31.9. The second-order valence-corrected chi connectivity index (χ2v) is 18.5. The lowest BCUT2D eigenvalue weighted by molar-refractivity contribution is 0.378. The van der Waals surface area contributed by atoms with Gasteiger partial charge in [-0.15, -0.1) is 0 Å². The summed E-state index contributed by atoms with van der Waals surface area (Å²) in [7, 11) is 0. The smallest absolute Gasteiger partial charge is 0.243 e. The van der Waals surface area contributed by atoms with Crippen LogP contribution in [0.1, 0.15) is 45.4 Å². The first-order valence-corrected chi connectivity index (χ1v) is 23.9. The number of hydrogen-bond donors (Lipinski definition) is 0. The molecule has 1 aliphatic heterocycles. The van der Waals surface area contributed by atoms with Crippen LogP contribution in [0.25, 0.3) is 49.9 Å². The van der Waals surface area contributed by atoms with Crippen molar-refractivity contribution >= 4 is 73.3 Å². The molecule has 65 heavy (non-hydrogen) atoms. The number of allylic oxidation sites excluding steroid dienone is 8. The normalized spacial score (nSPS) is 17.3. The Kier molecular flexibility index (Phi) is 10.5. The van der Waals surface area contributed by atoms with Crippen LogP contribution in [-0.2, 0) is 5.41 Å². The van der Waals surface area contributed by atoms with E-state index in [9.17, 15) is 0 Å². The third-order valence-corrected chi connectivity index (χ3v) is 14.6. The molecule has 2 aliphatic carbocycles. The van der Waals surface area contributed by atoms with Crippen LogP contribution in [0.5, 0.6) is 5.75 Å². The molecule has 1 heterocycles. The topological polar surface area (TPSA) is 9.23 Å². The minimum absolute atomic E-state index is 0.000668. The van der Waals surface area contributed by atoms with E-state index in [1.54, 1.807) is 0 Å². The van der Waals surface area contributed by atoms with Gasteiger partial charge in [0, 0.05) is 22.6 Å². The molecule has 2 unspecified atom stereocenters. The maximum absolute atomic E-state index is 7.17. The van der Waals surface area contributed by atoms with Gasteiger partial charge in [0.2, 0.25) is 6.71 Å². The van der Waals surface area contributed by atoms with E-state index in [1.165, 1.54) is 99.1 Å². The summed E-state index contributed by atoms with van der Waals surface area (Å²) in [5.74, 6) is 2.06. The first-order valence-electron chi connectivity index (χ1n) is 22.7. The molecule has 2 atom stereocenters. The molecule has 0 aromatic heterocycles. The van der Waals surface area contributed by atoms with E-state index in [2.05, 4.69) is 238 Å². The number of benzene rings is 8. The lowest BCUT2D eigenvalue weighted by Crippen LogP contribution is -2.54. The highest BCUT2D eigenvalue weighted by atomic mass is 127. The Bertz CT molecular complexity index is 3330. The van der Waals surface area contributed by atoms with Gasteiger partial charge >= 0.3 is 0 Å². The van der Waals surface area contributed by atoms with Crippen LogP contribution < -0.4 is 21.1 Å². The Labute approximate surface area is 397 Å². The van der Waals surface area contributed by atoms with Crippen LogP contribution in [0.2, 0.25) is 0 Å². The van der Waals surface area contributed by atoms with Gasteiger partial charge in [-0.05, 0) is 104 Å². The number of rotatable bonds is 8. The molecule has 3 heteroatoms. The zero-order chi connectivity index (χ0) is 44.2. The van der Waals surface area contributed by atoms with Crippen LogP contribution in [-0.4, -0.2) is 6.71 Å². The van der Waals surface area contributed by atoms with Gasteiger partial charge in [-0.2, -0.15) is 0 Å². The molecule has 0 amide bonds. The van der Waals surface area contributed by atoms with Crippen molar-refractivity contribution in [3.63, 3.8) is 0 Å². The number of hydrogen-bond acceptors (Lipinski definition) is 1. The van der Waals surface area contributed by atoms with E-state index in [0.717, 1.165) is 23.5 Å². The SMILES string of the molecule is C=C/C=C\c1c(C)ccc2c1OC1=CC(/C=C\C=C/I)CC=C1C21c2ccccc2-c2ccc(-c3cccc(B(c4c(C)ccc5ccccc45)c4c(C)ccc5ccccc45)c3)cc21. The van der Waals surface area contributed by atoms with E-state index < -0.39 is 5.41 Å². The second-order valence-electron chi connectivity index (χ2n) is 17.8. The van der Waals surface area contributed by atoms with Gasteiger partial charge in [-0.1, -0.05) is 245 Å². The van der Waals surface area contributed by atoms with Gasteiger partial charge in [-0.3, -0.25) is 0 Å². The molecular formula is C62H48BIO. The maximum Gasteiger partial charge on any atom is 0.243 e. The summed E-state index contributed by atoms with van der Waals surface area (Å²) in [4.78, 5) is 0. The van der Waals surface area contributed by atoms with Crippen molar-refractivity contribution in [2.75, 3.05) is 0 Å². The largest absolute Gasteiger partial charge is 0.456 e. The average molecular weight is 947 g/mol. The van der Waals surface area contributed by atoms with Crippen LogP contribution in [0.15, 0.2) is 216 Å². The zero-order valence-corrected chi connectivity index (χ0v) is 39.1. The Hall–Kier alpha value is -6.69. The van der Waals surface area contributed by atoms with Crippen molar-refractivity contribution < 1.29 is 4.74 Å². The van der Waals surface area contributed by atoms with E-state index in [4.69, 9.17) is 4.74 Å². The van der Waals surface area contributed by atoms with Crippen molar-refractivity contribution in [3.05, 3.63) is 255 Å². The second kappa shape index (κ2) is 16.7. The van der Waals surface area contributed by atoms with Gasteiger partial charge < -0.3 is 4.74 Å². The number of halogens is 1. The highest BCUT2D eigenvalue weighted by Crippen LogP contribution is 2.63. The fourth-order valence-electron chi connectivity index (χ4n) is 11.2. The lowest BCUT2D eigenvalue weighted by Gasteiger charge is -2.43. The average Bonchev–Trinajstić information content (AvgIpc) is 3.62. The zero-order valence-electron chi connectivity index (χ0n) is 37.0. The Morgan fingerprint density at radius 3 is 2.05 bits per heavy atom.